The van der Waals surface area contributed by atoms with Gasteiger partial charge in [-0.2, -0.15) is 5.26 Å². The number of benzene rings is 1. The lowest BCUT2D eigenvalue weighted by Crippen LogP contribution is -2.44. The third kappa shape index (κ3) is 3.18. The van der Waals surface area contributed by atoms with Gasteiger partial charge >= 0.3 is 0 Å². The van der Waals surface area contributed by atoms with Crippen molar-refractivity contribution in [2.75, 3.05) is 11.4 Å². The van der Waals surface area contributed by atoms with E-state index in [4.69, 9.17) is 5.26 Å². The maximum atomic E-state index is 12.5. The molecule has 1 aliphatic heterocycles. The van der Waals surface area contributed by atoms with Gasteiger partial charge in [0.1, 0.15) is 6.54 Å². The normalized spacial score (nSPS) is 22.1. The van der Waals surface area contributed by atoms with Crippen molar-refractivity contribution in [1.29, 1.82) is 5.26 Å². The van der Waals surface area contributed by atoms with Gasteiger partial charge in [-0.1, -0.05) is 25.1 Å². The number of fused-ring (bicyclic) bond motifs is 1. The van der Waals surface area contributed by atoms with Crippen molar-refractivity contribution in [2.45, 2.75) is 51.6 Å². The molecule has 1 aromatic rings. The number of nitrogens with zero attached hydrogens (tertiary/aromatic N) is 2. The minimum atomic E-state index is -0.125. The Morgan fingerprint density at radius 3 is 2.90 bits per heavy atom. The largest absolute Gasteiger partial charge is 0.355 e. The number of para-hydroxylation sites is 1. The Bertz CT molecular complexity index is 549. The fraction of sp³-hybridized carbons (Fsp3) is 0.529. The van der Waals surface area contributed by atoms with Gasteiger partial charge in [-0.05, 0) is 38.3 Å². The second-order valence-electron chi connectivity index (χ2n) is 5.80. The van der Waals surface area contributed by atoms with Crippen LogP contribution < -0.4 is 10.2 Å². The van der Waals surface area contributed by atoms with E-state index in [1.807, 2.05) is 31.2 Å². The van der Waals surface area contributed by atoms with E-state index in [1.165, 1.54) is 0 Å². The standard InChI is InChI=1S/C17H23N3O/c1-4-12(2)19-17(21)15-11-13(3)20(10-9-18)16-8-6-5-7-14(15)16/h5-8,12-13,15H,4,10-11H2,1-3H3,(H,19,21). The molecule has 0 aromatic heterocycles. The lowest BCUT2D eigenvalue weighted by atomic mass is 9.85. The van der Waals surface area contributed by atoms with Crippen LogP contribution in [-0.2, 0) is 4.79 Å². The number of amides is 1. The van der Waals surface area contributed by atoms with E-state index in [0.29, 0.717) is 6.54 Å². The van der Waals surface area contributed by atoms with Crippen LogP contribution in [0.2, 0.25) is 0 Å². The quantitative estimate of drug-likeness (QED) is 0.865. The molecule has 1 aliphatic rings. The Hall–Kier alpha value is -2.02. The average molecular weight is 285 g/mol. The van der Waals surface area contributed by atoms with Gasteiger partial charge in [0.15, 0.2) is 0 Å². The minimum absolute atomic E-state index is 0.0975. The van der Waals surface area contributed by atoms with Crippen molar-refractivity contribution in [3.05, 3.63) is 29.8 Å². The summed E-state index contributed by atoms with van der Waals surface area (Å²) >= 11 is 0. The van der Waals surface area contributed by atoms with Crippen molar-refractivity contribution in [1.82, 2.24) is 5.32 Å². The lowest BCUT2D eigenvalue weighted by molar-refractivity contribution is -0.123. The average Bonchev–Trinajstić information content (AvgIpc) is 2.49. The van der Waals surface area contributed by atoms with Crippen LogP contribution in [-0.4, -0.2) is 24.5 Å². The molecular formula is C17H23N3O. The molecule has 0 aliphatic carbocycles. The van der Waals surface area contributed by atoms with Gasteiger partial charge in [-0.25, -0.2) is 0 Å². The molecule has 0 saturated heterocycles. The summed E-state index contributed by atoms with van der Waals surface area (Å²) in [5.41, 5.74) is 2.05. The number of nitrogens with one attached hydrogen (secondary N) is 1. The Labute approximate surface area is 126 Å². The highest BCUT2D eigenvalue weighted by Gasteiger charge is 2.34. The number of anilines is 1. The highest BCUT2D eigenvalue weighted by molar-refractivity contribution is 5.87. The molecule has 4 nitrogen and oxygen atoms in total. The van der Waals surface area contributed by atoms with Crippen molar-refractivity contribution >= 4 is 11.6 Å². The molecule has 4 heteroatoms. The molecule has 0 spiro atoms. The molecule has 0 fully saturated rings. The van der Waals surface area contributed by atoms with E-state index in [9.17, 15) is 4.79 Å². The van der Waals surface area contributed by atoms with E-state index in [0.717, 1.165) is 24.1 Å². The van der Waals surface area contributed by atoms with E-state index >= 15 is 0 Å². The molecule has 0 radical (unpaired) electrons. The monoisotopic (exact) mass is 285 g/mol. The summed E-state index contributed by atoms with van der Waals surface area (Å²) in [5.74, 6) is -0.0274. The second-order valence-corrected chi connectivity index (χ2v) is 5.80. The predicted octanol–water partition coefficient (Wildman–Crippen LogP) is 2.81. The van der Waals surface area contributed by atoms with Crippen molar-refractivity contribution in [3.63, 3.8) is 0 Å². The van der Waals surface area contributed by atoms with Crippen LogP contribution in [0.4, 0.5) is 5.69 Å². The first-order valence-corrected chi connectivity index (χ1v) is 7.61. The Kier molecular flexibility index (Phi) is 4.85. The van der Waals surface area contributed by atoms with Crippen LogP contribution in [0.3, 0.4) is 0 Å². The molecule has 1 aromatic carbocycles. The van der Waals surface area contributed by atoms with Crippen molar-refractivity contribution < 1.29 is 4.79 Å². The van der Waals surface area contributed by atoms with Crippen LogP contribution in [0.5, 0.6) is 0 Å². The van der Waals surface area contributed by atoms with Crippen molar-refractivity contribution in [2.24, 2.45) is 0 Å². The van der Waals surface area contributed by atoms with E-state index < -0.39 is 0 Å². The highest BCUT2D eigenvalue weighted by atomic mass is 16.1. The topological polar surface area (TPSA) is 56.1 Å². The maximum Gasteiger partial charge on any atom is 0.227 e. The summed E-state index contributed by atoms with van der Waals surface area (Å²) in [4.78, 5) is 14.6. The number of hydrogen-bond donors (Lipinski definition) is 1. The molecule has 21 heavy (non-hydrogen) atoms. The number of hydrogen-bond acceptors (Lipinski definition) is 3. The van der Waals surface area contributed by atoms with Gasteiger partial charge in [0.2, 0.25) is 5.91 Å². The van der Waals surface area contributed by atoms with E-state index in [2.05, 4.69) is 30.1 Å². The van der Waals surface area contributed by atoms with Gasteiger partial charge in [0.05, 0.1) is 12.0 Å². The summed E-state index contributed by atoms with van der Waals surface area (Å²) in [6.45, 7) is 6.53. The summed E-state index contributed by atoms with van der Waals surface area (Å²) in [7, 11) is 0. The summed E-state index contributed by atoms with van der Waals surface area (Å²) in [6, 6.07) is 10.5. The third-order valence-electron chi connectivity index (χ3n) is 4.29. The zero-order valence-corrected chi connectivity index (χ0v) is 13.0. The predicted molar refractivity (Wildman–Crippen MR) is 84.1 cm³/mol. The molecular weight excluding hydrogens is 262 g/mol. The third-order valence-corrected chi connectivity index (χ3v) is 4.29. The molecule has 1 heterocycles. The Morgan fingerprint density at radius 2 is 2.24 bits per heavy atom. The molecule has 112 valence electrons. The zero-order valence-electron chi connectivity index (χ0n) is 13.0. The minimum Gasteiger partial charge on any atom is -0.355 e. The van der Waals surface area contributed by atoms with Crippen LogP contribution in [0.25, 0.3) is 0 Å². The number of rotatable bonds is 4. The van der Waals surface area contributed by atoms with Gasteiger partial charge in [-0.15, -0.1) is 0 Å². The molecule has 1 amide bonds. The molecule has 1 N–H and O–H groups in total. The van der Waals surface area contributed by atoms with Crippen LogP contribution >= 0.6 is 0 Å². The SMILES string of the molecule is CCC(C)NC(=O)C1CC(C)N(CC#N)c2ccccc21. The molecule has 0 bridgehead atoms. The fourth-order valence-electron chi connectivity index (χ4n) is 2.89. The molecule has 3 unspecified atom stereocenters. The van der Waals surface area contributed by atoms with Crippen molar-refractivity contribution in [3.8, 4) is 6.07 Å². The smallest absolute Gasteiger partial charge is 0.227 e. The summed E-state index contributed by atoms with van der Waals surface area (Å²) in [5, 5.41) is 12.1. The number of nitriles is 1. The Morgan fingerprint density at radius 1 is 1.52 bits per heavy atom. The maximum absolute atomic E-state index is 12.5. The lowest BCUT2D eigenvalue weighted by Gasteiger charge is -2.39. The second kappa shape index (κ2) is 6.62. The first-order valence-electron chi connectivity index (χ1n) is 7.61. The molecule has 2 rings (SSSR count). The molecule has 0 saturated carbocycles. The van der Waals surface area contributed by atoms with Crippen LogP contribution in [0.15, 0.2) is 24.3 Å². The first kappa shape index (κ1) is 15.4. The van der Waals surface area contributed by atoms with Gasteiger partial charge in [0.25, 0.3) is 0 Å². The van der Waals surface area contributed by atoms with Gasteiger partial charge < -0.3 is 10.2 Å². The molecule has 3 atom stereocenters. The summed E-state index contributed by atoms with van der Waals surface area (Å²) < 4.78 is 0. The van der Waals surface area contributed by atoms with Gasteiger partial charge in [0, 0.05) is 17.8 Å². The summed E-state index contributed by atoms with van der Waals surface area (Å²) in [6.07, 6.45) is 1.68. The van der Waals surface area contributed by atoms with Gasteiger partial charge in [-0.3, -0.25) is 4.79 Å². The first-order chi connectivity index (χ1) is 10.1. The van der Waals surface area contributed by atoms with Crippen LogP contribution in [0, 0.1) is 11.3 Å². The van der Waals surface area contributed by atoms with E-state index in [-0.39, 0.29) is 23.9 Å². The fourth-order valence-corrected chi connectivity index (χ4v) is 2.89. The van der Waals surface area contributed by atoms with E-state index in [1.54, 1.807) is 0 Å². The van der Waals surface area contributed by atoms with Crippen LogP contribution in [0.1, 0.15) is 45.1 Å². The zero-order chi connectivity index (χ0) is 15.4. The number of carbonyl (C=O) groups is 1. The number of carbonyl (C=O) groups excluding carboxylic acids is 1. The highest BCUT2D eigenvalue weighted by Crippen LogP contribution is 2.38. The Balaban J connectivity index is 2.31.